The monoisotopic (exact) mass is 418 g/mol. The summed E-state index contributed by atoms with van der Waals surface area (Å²) in [7, 11) is 0. The first-order chi connectivity index (χ1) is 14.2. The molecule has 2 rings (SSSR count). The van der Waals surface area contributed by atoms with Gasteiger partial charge in [0.25, 0.3) is 0 Å². The Morgan fingerprint density at radius 1 is 1.17 bits per heavy atom. The topological polar surface area (TPSA) is 67.9 Å². The van der Waals surface area contributed by atoms with E-state index >= 15 is 0 Å². The van der Waals surface area contributed by atoms with Gasteiger partial charge in [0.05, 0.1) is 6.61 Å². The summed E-state index contributed by atoms with van der Waals surface area (Å²) in [6, 6.07) is 10.4. The fraction of sp³-hybridized carbons (Fsp3) is 0.667. The molecule has 6 nitrogen and oxygen atoms in total. The van der Waals surface area contributed by atoms with Crippen LogP contribution in [0.2, 0.25) is 0 Å². The Morgan fingerprint density at radius 3 is 2.47 bits per heavy atom. The van der Waals surface area contributed by atoms with Crippen molar-refractivity contribution in [3.8, 4) is 0 Å². The number of alkyl carbamates (subject to hydrolysis) is 1. The van der Waals surface area contributed by atoms with E-state index in [1.54, 1.807) is 0 Å². The molecule has 168 valence electrons. The van der Waals surface area contributed by atoms with E-state index in [-0.39, 0.29) is 24.0 Å². The van der Waals surface area contributed by atoms with Gasteiger partial charge < -0.3 is 14.8 Å². The van der Waals surface area contributed by atoms with Crippen LogP contribution in [0.25, 0.3) is 0 Å². The number of nitrogens with one attached hydrogen (secondary N) is 1. The second kappa shape index (κ2) is 11.3. The van der Waals surface area contributed by atoms with Crippen LogP contribution in [0.1, 0.15) is 59.4 Å². The maximum absolute atomic E-state index is 12.5. The van der Waals surface area contributed by atoms with Gasteiger partial charge in [-0.05, 0) is 51.5 Å². The van der Waals surface area contributed by atoms with Gasteiger partial charge in [-0.3, -0.25) is 9.69 Å². The number of esters is 1. The van der Waals surface area contributed by atoms with Crippen molar-refractivity contribution in [2.75, 3.05) is 19.7 Å². The van der Waals surface area contributed by atoms with Crippen LogP contribution in [0.15, 0.2) is 30.3 Å². The molecule has 1 aromatic carbocycles. The van der Waals surface area contributed by atoms with Crippen molar-refractivity contribution in [3.05, 3.63) is 35.9 Å². The molecule has 1 saturated heterocycles. The standard InChI is InChI=1S/C24H38N2O4/c1-6-19(13-14-22(27)29-7-2)20-16-26(15-18-11-9-8-10-12-18)17-21(20)25-23(28)30-24(3,4)5/h8-12,19-21H,6-7,13-17H2,1-5H3,(H,25,28). The molecule has 30 heavy (non-hydrogen) atoms. The SMILES string of the molecule is CCOC(=O)CCC(CC)C1CN(Cc2ccccc2)CC1NC(=O)OC(C)(C)C. The lowest BCUT2D eigenvalue weighted by Gasteiger charge is -2.28. The molecule has 0 bridgehead atoms. The largest absolute Gasteiger partial charge is 0.466 e. The van der Waals surface area contributed by atoms with Gasteiger partial charge in [0, 0.05) is 32.1 Å². The number of nitrogens with zero attached hydrogens (tertiary/aromatic N) is 1. The van der Waals surface area contributed by atoms with Crippen molar-refractivity contribution in [2.45, 2.75) is 72.1 Å². The van der Waals surface area contributed by atoms with Crippen molar-refractivity contribution in [1.82, 2.24) is 10.2 Å². The van der Waals surface area contributed by atoms with Crippen LogP contribution in [0.3, 0.4) is 0 Å². The lowest BCUT2D eigenvalue weighted by Crippen LogP contribution is -2.45. The lowest BCUT2D eigenvalue weighted by atomic mass is 9.83. The van der Waals surface area contributed by atoms with Gasteiger partial charge in [-0.25, -0.2) is 4.79 Å². The van der Waals surface area contributed by atoms with Gasteiger partial charge >= 0.3 is 12.1 Å². The predicted molar refractivity (Wildman–Crippen MR) is 118 cm³/mol. The Kier molecular flexibility index (Phi) is 9.15. The van der Waals surface area contributed by atoms with Gasteiger partial charge in [0.15, 0.2) is 0 Å². The van der Waals surface area contributed by atoms with E-state index in [1.807, 2.05) is 45.9 Å². The van der Waals surface area contributed by atoms with Crippen LogP contribution in [0, 0.1) is 11.8 Å². The van der Waals surface area contributed by atoms with E-state index < -0.39 is 5.60 Å². The predicted octanol–water partition coefficient (Wildman–Crippen LogP) is 4.38. The maximum atomic E-state index is 12.5. The third-order valence-corrected chi connectivity index (χ3v) is 5.55. The van der Waals surface area contributed by atoms with Crippen molar-refractivity contribution in [3.63, 3.8) is 0 Å². The van der Waals surface area contributed by atoms with Crippen molar-refractivity contribution < 1.29 is 19.1 Å². The molecule has 0 spiro atoms. The van der Waals surface area contributed by atoms with E-state index in [1.165, 1.54) is 5.56 Å². The first-order valence-electron chi connectivity index (χ1n) is 11.1. The summed E-state index contributed by atoms with van der Waals surface area (Å²) in [5.41, 5.74) is 0.726. The van der Waals surface area contributed by atoms with Crippen LogP contribution in [-0.4, -0.2) is 48.3 Å². The summed E-state index contributed by atoms with van der Waals surface area (Å²) >= 11 is 0. The van der Waals surface area contributed by atoms with Gasteiger partial charge in [0.1, 0.15) is 5.60 Å². The molecular weight excluding hydrogens is 380 g/mol. The first kappa shape index (κ1) is 24.2. The third-order valence-electron chi connectivity index (χ3n) is 5.55. The lowest BCUT2D eigenvalue weighted by molar-refractivity contribution is -0.143. The smallest absolute Gasteiger partial charge is 0.407 e. The van der Waals surface area contributed by atoms with E-state index in [0.717, 1.165) is 32.5 Å². The van der Waals surface area contributed by atoms with Crippen molar-refractivity contribution in [2.24, 2.45) is 11.8 Å². The van der Waals surface area contributed by atoms with E-state index in [4.69, 9.17) is 9.47 Å². The fourth-order valence-corrected chi connectivity index (χ4v) is 4.23. The van der Waals surface area contributed by atoms with E-state index in [2.05, 4.69) is 29.3 Å². The number of carbonyl (C=O) groups excluding carboxylic acids is 2. The van der Waals surface area contributed by atoms with Crippen molar-refractivity contribution in [1.29, 1.82) is 0 Å². The molecule has 0 radical (unpaired) electrons. The van der Waals surface area contributed by atoms with Gasteiger partial charge in [-0.15, -0.1) is 0 Å². The molecule has 1 heterocycles. The number of carbonyl (C=O) groups is 2. The molecular formula is C24H38N2O4. The molecule has 0 aliphatic carbocycles. The summed E-state index contributed by atoms with van der Waals surface area (Å²) in [5.74, 6) is 0.447. The van der Waals surface area contributed by atoms with Crippen LogP contribution in [0.4, 0.5) is 4.79 Å². The van der Waals surface area contributed by atoms with Crippen LogP contribution >= 0.6 is 0 Å². The minimum absolute atomic E-state index is 0.00397. The van der Waals surface area contributed by atoms with E-state index in [9.17, 15) is 9.59 Å². The number of amides is 1. The molecule has 6 heteroatoms. The molecule has 1 N–H and O–H groups in total. The Balaban J connectivity index is 2.07. The zero-order valence-corrected chi connectivity index (χ0v) is 19.1. The summed E-state index contributed by atoms with van der Waals surface area (Å²) in [6.07, 6.45) is 1.77. The zero-order chi connectivity index (χ0) is 22.1. The summed E-state index contributed by atoms with van der Waals surface area (Å²) < 4.78 is 10.6. The van der Waals surface area contributed by atoms with Crippen molar-refractivity contribution >= 4 is 12.1 Å². The first-order valence-corrected chi connectivity index (χ1v) is 11.1. The molecule has 3 unspecified atom stereocenters. The normalized spacial score (nSPS) is 20.6. The summed E-state index contributed by atoms with van der Waals surface area (Å²) in [5, 5.41) is 3.11. The summed E-state index contributed by atoms with van der Waals surface area (Å²) in [4.78, 5) is 26.7. The van der Waals surface area contributed by atoms with Gasteiger partial charge in [-0.2, -0.15) is 0 Å². The highest BCUT2D eigenvalue weighted by molar-refractivity contribution is 5.69. The zero-order valence-electron chi connectivity index (χ0n) is 19.1. The number of hydrogen-bond acceptors (Lipinski definition) is 5. The van der Waals surface area contributed by atoms with E-state index in [0.29, 0.717) is 18.9 Å². The number of benzene rings is 1. The quantitative estimate of drug-likeness (QED) is 0.603. The second-order valence-electron chi connectivity index (χ2n) is 9.11. The Morgan fingerprint density at radius 2 is 1.87 bits per heavy atom. The number of ether oxygens (including phenoxy) is 2. The minimum Gasteiger partial charge on any atom is -0.466 e. The highest BCUT2D eigenvalue weighted by Gasteiger charge is 2.38. The average molecular weight is 419 g/mol. The van der Waals surface area contributed by atoms with Gasteiger partial charge in [0.2, 0.25) is 0 Å². The highest BCUT2D eigenvalue weighted by Crippen LogP contribution is 2.31. The molecule has 1 amide bonds. The summed E-state index contributed by atoms with van der Waals surface area (Å²) in [6.45, 7) is 12.5. The fourth-order valence-electron chi connectivity index (χ4n) is 4.23. The molecule has 1 aliphatic heterocycles. The van der Waals surface area contributed by atoms with Crippen LogP contribution in [0.5, 0.6) is 0 Å². The molecule has 0 aromatic heterocycles. The molecule has 1 aliphatic rings. The number of likely N-dealkylation sites (tertiary alicyclic amines) is 1. The molecule has 3 atom stereocenters. The molecule has 1 fully saturated rings. The number of hydrogen-bond donors (Lipinski definition) is 1. The number of rotatable bonds is 9. The maximum Gasteiger partial charge on any atom is 0.407 e. The minimum atomic E-state index is -0.532. The van der Waals surface area contributed by atoms with Crippen LogP contribution < -0.4 is 5.32 Å². The van der Waals surface area contributed by atoms with Crippen LogP contribution in [-0.2, 0) is 20.8 Å². The third kappa shape index (κ3) is 7.98. The average Bonchev–Trinajstić information content (AvgIpc) is 3.03. The Labute approximate surface area is 181 Å². The highest BCUT2D eigenvalue weighted by atomic mass is 16.6. The second-order valence-corrected chi connectivity index (χ2v) is 9.11. The Bertz CT molecular complexity index is 672. The Hall–Kier alpha value is -2.08. The van der Waals surface area contributed by atoms with Gasteiger partial charge in [-0.1, -0.05) is 43.7 Å². The molecule has 1 aromatic rings. The molecule has 0 saturated carbocycles.